The third-order valence-electron chi connectivity index (χ3n) is 5.37. The van der Waals surface area contributed by atoms with Gasteiger partial charge in [-0.3, -0.25) is 0 Å². The van der Waals surface area contributed by atoms with Crippen LogP contribution < -0.4 is 0 Å². The van der Waals surface area contributed by atoms with Gasteiger partial charge in [-0.15, -0.1) is 0 Å². The lowest BCUT2D eigenvalue weighted by molar-refractivity contribution is 0.0606. The Morgan fingerprint density at radius 2 is 1.82 bits per heavy atom. The van der Waals surface area contributed by atoms with Crippen LogP contribution in [0.1, 0.15) is 73.6 Å². The Hall–Kier alpha value is -0.700. The first kappa shape index (κ1) is 21.3. The molecule has 0 aliphatic carbocycles. The van der Waals surface area contributed by atoms with Gasteiger partial charge in [-0.2, -0.15) is 0 Å². The average Bonchev–Trinajstić information content (AvgIpc) is 2.48. The molecule has 3 nitrogen and oxygen atoms in total. The van der Waals surface area contributed by atoms with Crippen molar-refractivity contribution in [3.8, 4) is 0 Å². The summed E-state index contributed by atoms with van der Waals surface area (Å²) in [7, 11) is 1.68. The Labute approximate surface area is 137 Å². The monoisotopic (exact) mass is 314 g/mol. The number of allylic oxidation sites excluding steroid dienone is 1. The third-order valence-corrected chi connectivity index (χ3v) is 5.37. The van der Waals surface area contributed by atoms with E-state index in [4.69, 9.17) is 4.74 Å². The maximum absolute atomic E-state index is 10.4. The number of hydrogen-bond acceptors (Lipinski definition) is 3. The largest absolute Gasteiger partial charge is 0.512 e. The zero-order chi connectivity index (χ0) is 17.4. The molecule has 0 saturated heterocycles. The van der Waals surface area contributed by atoms with Crippen molar-refractivity contribution in [2.75, 3.05) is 13.7 Å². The predicted molar refractivity (Wildman–Crippen MR) is 94.2 cm³/mol. The van der Waals surface area contributed by atoms with E-state index in [-0.39, 0.29) is 11.2 Å². The summed E-state index contributed by atoms with van der Waals surface area (Å²) in [6.07, 6.45) is 5.60. The summed E-state index contributed by atoms with van der Waals surface area (Å²) in [6.45, 7) is 14.0. The molecule has 0 aromatic carbocycles. The molecule has 0 bridgehead atoms. The van der Waals surface area contributed by atoms with Crippen LogP contribution in [0.5, 0.6) is 0 Å². The second-order valence-electron chi connectivity index (χ2n) is 7.91. The van der Waals surface area contributed by atoms with Crippen LogP contribution in [0.4, 0.5) is 0 Å². The SMILES string of the molecule is CCC(C)CC(CC(CC)(CCOC)C(O)=CO)C(C)(C)C. The summed E-state index contributed by atoms with van der Waals surface area (Å²) < 4.78 is 5.24. The molecule has 3 heteroatoms. The molecule has 0 amide bonds. The first-order chi connectivity index (χ1) is 10.2. The molecule has 0 aliphatic heterocycles. The zero-order valence-corrected chi connectivity index (χ0v) is 15.8. The first-order valence-corrected chi connectivity index (χ1v) is 8.69. The average molecular weight is 315 g/mol. The van der Waals surface area contributed by atoms with Crippen molar-refractivity contribution >= 4 is 0 Å². The van der Waals surface area contributed by atoms with Gasteiger partial charge in [-0.1, -0.05) is 48.0 Å². The summed E-state index contributed by atoms with van der Waals surface area (Å²) in [5, 5.41) is 19.7. The maximum atomic E-state index is 10.4. The van der Waals surface area contributed by atoms with Gasteiger partial charge in [0.05, 0.1) is 0 Å². The number of methoxy groups -OCH3 is 1. The summed E-state index contributed by atoms with van der Waals surface area (Å²) >= 11 is 0. The Kier molecular flexibility index (Phi) is 9.14. The van der Waals surface area contributed by atoms with Crippen molar-refractivity contribution in [1.29, 1.82) is 0 Å². The van der Waals surface area contributed by atoms with Crippen molar-refractivity contribution in [1.82, 2.24) is 0 Å². The van der Waals surface area contributed by atoms with E-state index in [1.807, 2.05) is 0 Å². The van der Waals surface area contributed by atoms with Gasteiger partial charge in [0.2, 0.25) is 0 Å². The van der Waals surface area contributed by atoms with Crippen molar-refractivity contribution in [2.45, 2.75) is 73.6 Å². The normalized spacial score (nSPS) is 18.8. The first-order valence-electron chi connectivity index (χ1n) is 8.69. The Morgan fingerprint density at radius 3 is 2.18 bits per heavy atom. The molecular formula is C19H38O3. The third kappa shape index (κ3) is 6.20. The van der Waals surface area contributed by atoms with E-state index in [0.29, 0.717) is 18.4 Å². The van der Waals surface area contributed by atoms with Gasteiger partial charge >= 0.3 is 0 Å². The van der Waals surface area contributed by atoms with Gasteiger partial charge < -0.3 is 14.9 Å². The molecule has 132 valence electrons. The molecule has 0 fully saturated rings. The number of hydrogen-bond donors (Lipinski definition) is 2. The number of aliphatic hydroxyl groups is 2. The summed E-state index contributed by atoms with van der Waals surface area (Å²) in [4.78, 5) is 0. The fourth-order valence-corrected chi connectivity index (χ4v) is 3.14. The van der Waals surface area contributed by atoms with Gasteiger partial charge in [-0.25, -0.2) is 0 Å². The minimum absolute atomic E-state index is 0.102. The predicted octanol–water partition coefficient (Wildman–Crippen LogP) is 5.87. The lowest BCUT2D eigenvalue weighted by Gasteiger charge is -2.41. The molecule has 0 rings (SSSR count). The molecule has 2 N–H and O–H groups in total. The number of ether oxygens (including phenoxy) is 1. The molecule has 0 spiro atoms. The minimum Gasteiger partial charge on any atom is -0.512 e. The summed E-state index contributed by atoms with van der Waals surface area (Å²) in [5.74, 6) is 1.26. The van der Waals surface area contributed by atoms with Gasteiger partial charge in [0.15, 0.2) is 0 Å². The topological polar surface area (TPSA) is 49.7 Å². The quantitative estimate of drug-likeness (QED) is 0.496. The molecule has 22 heavy (non-hydrogen) atoms. The van der Waals surface area contributed by atoms with Gasteiger partial charge in [0.25, 0.3) is 0 Å². The standard InChI is InChI=1S/C19H38O3/c1-8-15(3)12-16(18(4,5)6)13-19(9-2,10-11-22-7)17(21)14-20/h14-16,20-21H,8-13H2,1-7H3. The second-order valence-corrected chi connectivity index (χ2v) is 7.91. The molecule has 0 heterocycles. The summed E-state index contributed by atoms with van der Waals surface area (Å²) in [5.41, 5.74) is -0.219. The molecule has 0 aliphatic rings. The number of aliphatic hydroxyl groups excluding tert-OH is 2. The van der Waals surface area contributed by atoms with Crippen molar-refractivity contribution in [3.63, 3.8) is 0 Å². The highest BCUT2D eigenvalue weighted by Crippen LogP contribution is 2.46. The van der Waals surface area contributed by atoms with Crippen LogP contribution in [0.3, 0.4) is 0 Å². The van der Waals surface area contributed by atoms with Crippen molar-refractivity contribution < 1.29 is 14.9 Å². The van der Waals surface area contributed by atoms with E-state index >= 15 is 0 Å². The van der Waals surface area contributed by atoms with E-state index < -0.39 is 5.41 Å². The van der Waals surface area contributed by atoms with E-state index in [2.05, 4.69) is 41.5 Å². The maximum Gasteiger partial charge on any atom is 0.133 e. The van der Waals surface area contributed by atoms with Crippen LogP contribution >= 0.6 is 0 Å². The van der Waals surface area contributed by atoms with Crippen LogP contribution in [0.25, 0.3) is 0 Å². The van der Waals surface area contributed by atoms with Crippen LogP contribution in [0.15, 0.2) is 12.0 Å². The molecule has 0 saturated carbocycles. The Balaban J connectivity index is 5.43. The van der Waals surface area contributed by atoms with Gasteiger partial charge in [0.1, 0.15) is 12.0 Å². The van der Waals surface area contributed by atoms with Crippen LogP contribution in [0, 0.1) is 22.7 Å². The highest BCUT2D eigenvalue weighted by atomic mass is 16.5. The summed E-state index contributed by atoms with van der Waals surface area (Å²) in [6, 6.07) is 0. The second kappa shape index (κ2) is 9.44. The molecule has 3 atom stereocenters. The Bertz CT molecular complexity index is 330. The molecular weight excluding hydrogens is 276 g/mol. The molecule has 3 unspecified atom stereocenters. The molecule has 0 aromatic rings. The van der Waals surface area contributed by atoms with Gasteiger partial charge in [0, 0.05) is 19.1 Å². The zero-order valence-electron chi connectivity index (χ0n) is 15.8. The number of rotatable bonds is 10. The highest BCUT2D eigenvalue weighted by molar-refractivity contribution is 5.05. The van der Waals surface area contributed by atoms with E-state index in [9.17, 15) is 10.2 Å². The van der Waals surface area contributed by atoms with E-state index in [0.717, 1.165) is 31.9 Å². The smallest absolute Gasteiger partial charge is 0.133 e. The van der Waals surface area contributed by atoms with Crippen LogP contribution in [0.2, 0.25) is 0 Å². The lowest BCUT2D eigenvalue weighted by atomic mass is 9.64. The fourth-order valence-electron chi connectivity index (χ4n) is 3.14. The highest BCUT2D eigenvalue weighted by Gasteiger charge is 2.39. The van der Waals surface area contributed by atoms with Crippen molar-refractivity contribution in [2.24, 2.45) is 22.7 Å². The van der Waals surface area contributed by atoms with Crippen molar-refractivity contribution in [3.05, 3.63) is 12.0 Å². The fraction of sp³-hybridized carbons (Fsp3) is 0.895. The Morgan fingerprint density at radius 1 is 1.23 bits per heavy atom. The molecule has 0 aromatic heterocycles. The molecule has 0 radical (unpaired) electrons. The minimum atomic E-state index is -0.393. The van der Waals surface area contributed by atoms with Crippen LogP contribution in [-0.4, -0.2) is 23.9 Å². The van der Waals surface area contributed by atoms with E-state index in [1.165, 1.54) is 6.42 Å². The van der Waals surface area contributed by atoms with E-state index in [1.54, 1.807) is 7.11 Å². The lowest BCUT2D eigenvalue weighted by Crippen LogP contribution is -2.33. The van der Waals surface area contributed by atoms with Crippen LogP contribution in [-0.2, 0) is 4.74 Å². The van der Waals surface area contributed by atoms with Gasteiger partial charge in [-0.05, 0) is 42.9 Å².